The van der Waals surface area contributed by atoms with Crippen molar-refractivity contribution < 1.29 is 14.3 Å². The third-order valence-electron chi connectivity index (χ3n) is 2.78. The first kappa shape index (κ1) is 15.0. The molecule has 0 aliphatic heterocycles. The molecule has 0 atom stereocenters. The molecule has 0 radical (unpaired) electrons. The monoisotopic (exact) mass is 293 g/mol. The average molecular weight is 293 g/mol. The topological polar surface area (TPSA) is 47.6 Å². The number of carbonyl (C=O) groups is 1. The molecular formula is C15H19NO3S. The van der Waals surface area contributed by atoms with Crippen LogP contribution in [-0.2, 0) is 9.47 Å². The Hall–Kier alpha value is -1.43. The molecule has 0 saturated heterocycles. The van der Waals surface area contributed by atoms with Crippen molar-refractivity contribution in [2.75, 3.05) is 19.8 Å². The molecule has 4 nitrogen and oxygen atoms in total. The fraction of sp³-hybridized carbons (Fsp3) is 0.400. The van der Waals surface area contributed by atoms with Crippen molar-refractivity contribution in [3.8, 4) is 0 Å². The number of ether oxygens (including phenoxy) is 2. The maximum absolute atomic E-state index is 12.1. The zero-order chi connectivity index (χ0) is 14.4. The number of benzene rings is 1. The van der Waals surface area contributed by atoms with Gasteiger partial charge in [-0.25, -0.2) is 0 Å². The molecule has 5 heteroatoms. The summed E-state index contributed by atoms with van der Waals surface area (Å²) < 4.78 is 11.9. The SMILES string of the molecule is CCOC(CNC(=O)c1cc2ccccc2s1)OCC. The number of hydrogen-bond acceptors (Lipinski definition) is 4. The van der Waals surface area contributed by atoms with Gasteiger partial charge in [0.1, 0.15) is 0 Å². The second-order valence-corrected chi connectivity index (χ2v) is 5.28. The van der Waals surface area contributed by atoms with Crippen molar-refractivity contribution in [3.05, 3.63) is 35.2 Å². The Kier molecular flexibility index (Phi) is 5.52. The van der Waals surface area contributed by atoms with E-state index in [0.29, 0.717) is 24.6 Å². The van der Waals surface area contributed by atoms with Crippen molar-refractivity contribution >= 4 is 27.3 Å². The van der Waals surface area contributed by atoms with E-state index in [4.69, 9.17) is 9.47 Å². The van der Waals surface area contributed by atoms with Gasteiger partial charge in [-0.1, -0.05) is 18.2 Å². The second kappa shape index (κ2) is 7.38. The predicted molar refractivity (Wildman–Crippen MR) is 81.2 cm³/mol. The summed E-state index contributed by atoms with van der Waals surface area (Å²) in [5.41, 5.74) is 0. The molecule has 1 aromatic heterocycles. The normalized spacial score (nSPS) is 11.2. The number of amides is 1. The summed E-state index contributed by atoms with van der Waals surface area (Å²) in [6.45, 7) is 5.28. The lowest BCUT2D eigenvalue weighted by Gasteiger charge is -2.17. The van der Waals surface area contributed by atoms with Crippen molar-refractivity contribution in [1.82, 2.24) is 5.32 Å². The Morgan fingerprint density at radius 1 is 1.25 bits per heavy atom. The minimum absolute atomic E-state index is 0.0874. The Morgan fingerprint density at radius 3 is 2.60 bits per heavy atom. The number of carbonyl (C=O) groups excluding carboxylic acids is 1. The molecule has 0 aliphatic rings. The van der Waals surface area contributed by atoms with Gasteiger partial charge in [0, 0.05) is 17.9 Å². The number of rotatable bonds is 7. The lowest BCUT2D eigenvalue weighted by Crippen LogP contribution is -2.35. The van der Waals surface area contributed by atoms with Crippen LogP contribution in [0, 0.1) is 0 Å². The molecule has 0 unspecified atom stereocenters. The van der Waals surface area contributed by atoms with Crippen molar-refractivity contribution in [3.63, 3.8) is 0 Å². The maximum atomic E-state index is 12.1. The summed E-state index contributed by atoms with van der Waals surface area (Å²) in [7, 11) is 0. The number of fused-ring (bicyclic) bond motifs is 1. The van der Waals surface area contributed by atoms with Crippen LogP contribution in [0.15, 0.2) is 30.3 Å². The van der Waals surface area contributed by atoms with E-state index in [1.807, 2.05) is 44.2 Å². The largest absolute Gasteiger partial charge is 0.351 e. The van der Waals surface area contributed by atoms with Crippen molar-refractivity contribution in [2.45, 2.75) is 20.1 Å². The predicted octanol–water partition coefficient (Wildman–Crippen LogP) is 3.03. The molecule has 1 N–H and O–H groups in total. The highest BCUT2D eigenvalue weighted by atomic mass is 32.1. The summed E-state index contributed by atoms with van der Waals surface area (Å²) in [6, 6.07) is 9.87. The highest BCUT2D eigenvalue weighted by Gasteiger charge is 2.13. The fourth-order valence-electron chi connectivity index (χ4n) is 1.89. The molecule has 0 fully saturated rings. The Balaban J connectivity index is 1.97. The van der Waals surface area contributed by atoms with E-state index < -0.39 is 0 Å². The van der Waals surface area contributed by atoms with E-state index in [-0.39, 0.29) is 12.2 Å². The minimum atomic E-state index is -0.386. The van der Waals surface area contributed by atoms with E-state index >= 15 is 0 Å². The summed E-state index contributed by atoms with van der Waals surface area (Å²) in [5, 5.41) is 3.94. The van der Waals surface area contributed by atoms with E-state index in [1.54, 1.807) is 0 Å². The van der Waals surface area contributed by atoms with Gasteiger partial charge in [-0.3, -0.25) is 4.79 Å². The Morgan fingerprint density at radius 2 is 1.95 bits per heavy atom. The number of hydrogen-bond donors (Lipinski definition) is 1. The molecule has 1 aromatic carbocycles. The smallest absolute Gasteiger partial charge is 0.261 e. The standard InChI is InChI=1S/C15H19NO3S/c1-3-18-14(19-4-2)10-16-15(17)13-9-11-7-5-6-8-12(11)20-13/h5-9,14H,3-4,10H2,1-2H3,(H,16,17). The van der Waals surface area contributed by atoms with E-state index in [0.717, 1.165) is 10.1 Å². The van der Waals surface area contributed by atoms with Gasteiger partial charge < -0.3 is 14.8 Å². The summed E-state index contributed by atoms with van der Waals surface area (Å²) in [5.74, 6) is -0.0874. The molecule has 2 rings (SSSR count). The first-order chi connectivity index (χ1) is 9.74. The van der Waals surface area contributed by atoms with E-state index in [1.165, 1.54) is 11.3 Å². The molecule has 0 aliphatic carbocycles. The van der Waals surface area contributed by atoms with Gasteiger partial charge in [0.2, 0.25) is 0 Å². The van der Waals surface area contributed by atoms with Crippen molar-refractivity contribution in [2.24, 2.45) is 0 Å². The lowest BCUT2D eigenvalue weighted by molar-refractivity contribution is -0.131. The van der Waals surface area contributed by atoms with Crippen LogP contribution in [0.4, 0.5) is 0 Å². The Bertz CT molecular complexity index is 528. The van der Waals surface area contributed by atoms with Crippen LogP contribution in [0.3, 0.4) is 0 Å². The zero-order valence-electron chi connectivity index (χ0n) is 11.7. The van der Waals surface area contributed by atoms with E-state index in [9.17, 15) is 4.79 Å². The van der Waals surface area contributed by atoms with Gasteiger partial charge in [-0.2, -0.15) is 0 Å². The van der Waals surface area contributed by atoms with Gasteiger partial charge >= 0.3 is 0 Å². The van der Waals surface area contributed by atoms with Gasteiger partial charge in [-0.15, -0.1) is 11.3 Å². The van der Waals surface area contributed by atoms with Crippen LogP contribution >= 0.6 is 11.3 Å². The third kappa shape index (κ3) is 3.79. The summed E-state index contributed by atoms with van der Waals surface area (Å²) >= 11 is 1.49. The molecule has 1 heterocycles. The number of thiophene rings is 1. The molecule has 1 amide bonds. The first-order valence-electron chi connectivity index (χ1n) is 6.74. The van der Waals surface area contributed by atoms with Crippen LogP contribution in [0.25, 0.3) is 10.1 Å². The number of nitrogens with one attached hydrogen (secondary N) is 1. The molecule has 108 valence electrons. The highest BCUT2D eigenvalue weighted by Crippen LogP contribution is 2.24. The summed E-state index contributed by atoms with van der Waals surface area (Å²) in [6.07, 6.45) is -0.386. The third-order valence-corrected chi connectivity index (χ3v) is 3.90. The van der Waals surface area contributed by atoms with Crippen LogP contribution in [0.5, 0.6) is 0 Å². The maximum Gasteiger partial charge on any atom is 0.261 e. The molecule has 20 heavy (non-hydrogen) atoms. The van der Waals surface area contributed by atoms with Crippen LogP contribution in [0.1, 0.15) is 23.5 Å². The molecule has 0 saturated carbocycles. The van der Waals surface area contributed by atoms with E-state index in [2.05, 4.69) is 5.32 Å². The van der Waals surface area contributed by atoms with Gasteiger partial charge in [-0.05, 0) is 31.4 Å². The fourth-order valence-corrected chi connectivity index (χ4v) is 2.87. The second-order valence-electron chi connectivity index (χ2n) is 4.20. The molecule has 0 spiro atoms. The molecule has 2 aromatic rings. The van der Waals surface area contributed by atoms with Gasteiger partial charge in [0.05, 0.1) is 11.4 Å². The average Bonchev–Trinajstić information content (AvgIpc) is 2.89. The molecular weight excluding hydrogens is 274 g/mol. The van der Waals surface area contributed by atoms with Crippen LogP contribution < -0.4 is 5.32 Å². The van der Waals surface area contributed by atoms with Crippen molar-refractivity contribution in [1.29, 1.82) is 0 Å². The lowest BCUT2D eigenvalue weighted by atomic mass is 10.2. The highest BCUT2D eigenvalue weighted by molar-refractivity contribution is 7.20. The zero-order valence-corrected chi connectivity index (χ0v) is 12.5. The minimum Gasteiger partial charge on any atom is -0.351 e. The molecule has 0 bridgehead atoms. The first-order valence-corrected chi connectivity index (χ1v) is 7.56. The van der Waals surface area contributed by atoms with Gasteiger partial charge in [0.25, 0.3) is 5.91 Å². The Labute approximate surface area is 122 Å². The quantitative estimate of drug-likeness (QED) is 0.798. The van der Waals surface area contributed by atoms with Crippen LogP contribution in [0.2, 0.25) is 0 Å². The van der Waals surface area contributed by atoms with Gasteiger partial charge in [0.15, 0.2) is 6.29 Å². The van der Waals surface area contributed by atoms with Crippen LogP contribution in [-0.4, -0.2) is 32.0 Å². The summed E-state index contributed by atoms with van der Waals surface area (Å²) in [4.78, 5) is 12.8.